The molecule has 0 saturated heterocycles. The van der Waals surface area contributed by atoms with Crippen LogP contribution in [0, 0.1) is 17.8 Å². The summed E-state index contributed by atoms with van der Waals surface area (Å²) in [4.78, 5) is 0. The van der Waals surface area contributed by atoms with Gasteiger partial charge < -0.3 is 0 Å². The van der Waals surface area contributed by atoms with E-state index in [1.54, 1.807) is 0 Å². The first kappa shape index (κ1) is 57.2. The van der Waals surface area contributed by atoms with Gasteiger partial charge in [0, 0.05) is 0 Å². The second kappa shape index (κ2) is 44.8. The number of aryl methyl sites for hydroxylation is 1. The SMILES string of the molecule is CCCCCCCCCCCCCCCCCCC(CCCCCCCCCCCCCCCCCC)CCCCC(CCC(C)CCCC(C)C)[n+]1ccn(CCC)c1. The predicted molar refractivity (Wildman–Crippen MR) is 271 cm³/mol. The lowest BCUT2D eigenvalue weighted by atomic mass is 9.88. The average molecular weight is 841 g/mol. The van der Waals surface area contributed by atoms with Crippen molar-refractivity contribution >= 4 is 0 Å². The van der Waals surface area contributed by atoms with Gasteiger partial charge in [-0.25, -0.2) is 9.13 Å². The number of imidazole rings is 1. The molecule has 356 valence electrons. The van der Waals surface area contributed by atoms with E-state index in [0.29, 0.717) is 6.04 Å². The molecule has 0 bridgehead atoms. The summed E-state index contributed by atoms with van der Waals surface area (Å²) < 4.78 is 5.02. The van der Waals surface area contributed by atoms with Crippen LogP contribution in [0.1, 0.15) is 330 Å². The Balaban J connectivity index is 2.42. The van der Waals surface area contributed by atoms with Crippen LogP contribution in [0.4, 0.5) is 0 Å². The van der Waals surface area contributed by atoms with Crippen molar-refractivity contribution in [1.82, 2.24) is 4.57 Å². The summed E-state index contributed by atoms with van der Waals surface area (Å²) in [6, 6.07) is 0.676. The molecule has 2 atom stereocenters. The zero-order chi connectivity index (χ0) is 43.4. The molecule has 0 aliphatic rings. The lowest BCUT2D eigenvalue weighted by Gasteiger charge is -2.19. The summed E-state index contributed by atoms with van der Waals surface area (Å²) in [6.07, 6.45) is 71.1. The largest absolute Gasteiger partial charge is 0.243 e. The Labute approximate surface area is 380 Å². The summed E-state index contributed by atoms with van der Waals surface area (Å²) >= 11 is 0. The van der Waals surface area contributed by atoms with Gasteiger partial charge in [-0.1, -0.05) is 292 Å². The van der Waals surface area contributed by atoms with Gasteiger partial charge in [-0.2, -0.15) is 0 Å². The first-order valence-electron chi connectivity index (χ1n) is 28.6. The molecule has 0 N–H and O–H groups in total. The maximum atomic E-state index is 2.60. The Bertz CT molecular complexity index is 912. The molecule has 2 nitrogen and oxygen atoms in total. The third-order valence-corrected chi connectivity index (χ3v) is 14.4. The molecule has 0 aliphatic carbocycles. The minimum Gasteiger partial charge on any atom is -0.237 e. The second-order valence-electron chi connectivity index (χ2n) is 21.1. The zero-order valence-corrected chi connectivity index (χ0v) is 42.8. The van der Waals surface area contributed by atoms with E-state index in [0.717, 1.165) is 24.3 Å². The summed E-state index contributed by atoms with van der Waals surface area (Å²) in [5, 5.41) is 0. The average Bonchev–Trinajstić information content (AvgIpc) is 3.71. The van der Waals surface area contributed by atoms with Crippen molar-refractivity contribution < 1.29 is 4.57 Å². The Morgan fingerprint density at radius 1 is 0.350 bits per heavy atom. The molecule has 0 amide bonds. The third-order valence-electron chi connectivity index (χ3n) is 14.4. The molecular weight excluding hydrogens is 725 g/mol. The number of hydrogen-bond donors (Lipinski definition) is 0. The fourth-order valence-corrected chi connectivity index (χ4v) is 10.2. The van der Waals surface area contributed by atoms with Crippen molar-refractivity contribution in [3.05, 3.63) is 18.7 Å². The molecule has 2 unspecified atom stereocenters. The van der Waals surface area contributed by atoms with Crippen LogP contribution in [0.2, 0.25) is 0 Å². The monoisotopic (exact) mass is 840 g/mol. The van der Waals surface area contributed by atoms with Gasteiger partial charge in [0.05, 0.1) is 6.54 Å². The van der Waals surface area contributed by atoms with Gasteiger partial charge in [-0.3, -0.25) is 0 Å². The van der Waals surface area contributed by atoms with Crippen molar-refractivity contribution in [3.63, 3.8) is 0 Å². The fourth-order valence-electron chi connectivity index (χ4n) is 10.2. The first-order valence-corrected chi connectivity index (χ1v) is 28.6. The lowest BCUT2D eigenvalue weighted by molar-refractivity contribution is -0.724. The molecule has 0 aromatic carbocycles. The van der Waals surface area contributed by atoms with Gasteiger partial charge in [-0.15, -0.1) is 0 Å². The smallest absolute Gasteiger partial charge is 0.237 e. The normalized spacial score (nSPS) is 13.0. The fraction of sp³-hybridized carbons (Fsp3) is 0.948. The van der Waals surface area contributed by atoms with Gasteiger partial charge in [0.1, 0.15) is 18.4 Å². The first-order chi connectivity index (χ1) is 29.5. The van der Waals surface area contributed by atoms with E-state index in [4.69, 9.17) is 0 Å². The molecule has 1 rings (SSSR count). The van der Waals surface area contributed by atoms with Crippen LogP contribution >= 0.6 is 0 Å². The van der Waals surface area contributed by atoms with Crippen LogP contribution < -0.4 is 4.57 Å². The molecule has 1 aromatic rings. The highest BCUT2D eigenvalue weighted by Gasteiger charge is 2.19. The van der Waals surface area contributed by atoms with Crippen molar-refractivity contribution in [2.24, 2.45) is 17.8 Å². The second-order valence-corrected chi connectivity index (χ2v) is 21.1. The molecule has 0 saturated carbocycles. The van der Waals surface area contributed by atoms with Crippen LogP contribution in [0.5, 0.6) is 0 Å². The number of hydrogen-bond acceptors (Lipinski definition) is 0. The standard InChI is InChI=1S/C58H115N2/c1-7-10-12-14-16-18-20-22-24-26-28-30-32-34-36-38-45-57(46-39-37-35-33-31-29-27-25-23-21-19-17-15-13-11-8-2)47-40-41-48-58(60-53-52-59(54-60)51-9-3)50-49-56(6)44-42-43-55(4)5/h52-58H,7-51H2,1-6H3/q+1. The topological polar surface area (TPSA) is 8.81 Å². The highest BCUT2D eigenvalue weighted by atomic mass is 15.1. The Morgan fingerprint density at radius 2 is 0.717 bits per heavy atom. The molecule has 0 fully saturated rings. The lowest BCUT2D eigenvalue weighted by Crippen LogP contribution is -2.37. The molecular formula is C58H115N2+. The number of rotatable bonds is 49. The van der Waals surface area contributed by atoms with Gasteiger partial charge in [0.25, 0.3) is 0 Å². The molecule has 0 radical (unpaired) electrons. The summed E-state index contributed by atoms with van der Waals surface area (Å²) in [7, 11) is 0. The molecule has 1 aromatic heterocycles. The van der Waals surface area contributed by atoms with Crippen LogP contribution in [0.25, 0.3) is 0 Å². The van der Waals surface area contributed by atoms with Gasteiger partial charge in [-0.05, 0) is 49.9 Å². The zero-order valence-electron chi connectivity index (χ0n) is 42.8. The van der Waals surface area contributed by atoms with E-state index in [1.807, 2.05) is 0 Å². The third kappa shape index (κ3) is 37.7. The number of aromatic nitrogens is 2. The Morgan fingerprint density at radius 3 is 1.10 bits per heavy atom. The van der Waals surface area contributed by atoms with Crippen molar-refractivity contribution in [1.29, 1.82) is 0 Å². The van der Waals surface area contributed by atoms with E-state index >= 15 is 0 Å². The van der Waals surface area contributed by atoms with Gasteiger partial charge in [0.15, 0.2) is 0 Å². The summed E-state index contributed by atoms with van der Waals surface area (Å²) in [5.41, 5.74) is 0. The summed E-state index contributed by atoms with van der Waals surface area (Å²) in [6.45, 7) is 15.4. The maximum absolute atomic E-state index is 2.60. The van der Waals surface area contributed by atoms with Crippen molar-refractivity contribution in [2.45, 2.75) is 337 Å². The number of nitrogens with zero attached hydrogens (tertiary/aromatic N) is 2. The molecule has 1 heterocycles. The molecule has 0 aliphatic heterocycles. The highest BCUT2D eigenvalue weighted by molar-refractivity contribution is 4.70. The number of unbranched alkanes of at least 4 members (excludes halogenated alkanes) is 31. The van der Waals surface area contributed by atoms with E-state index in [9.17, 15) is 0 Å². The van der Waals surface area contributed by atoms with Gasteiger partial charge in [0.2, 0.25) is 6.33 Å². The van der Waals surface area contributed by atoms with Crippen molar-refractivity contribution in [2.75, 3.05) is 0 Å². The predicted octanol–water partition coefficient (Wildman–Crippen LogP) is 20.4. The van der Waals surface area contributed by atoms with E-state index in [2.05, 4.69) is 69.4 Å². The van der Waals surface area contributed by atoms with E-state index < -0.39 is 0 Å². The van der Waals surface area contributed by atoms with E-state index in [1.165, 1.54) is 283 Å². The Kier molecular flexibility index (Phi) is 42.7. The molecule has 60 heavy (non-hydrogen) atoms. The quantitative estimate of drug-likeness (QED) is 0.0457. The van der Waals surface area contributed by atoms with Crippen LogP contribution in [0.15, 0.2) is 18.7 Å². The maximum Gasteiger partial charge on any atom is 0.243 e. The van der Waals surface area contributed by atoms with Crippen LogP contribution in [-0.2, 0) is 6.54 Å². The van der Waals surface area contributed by atoms with E-state index in [-0.39, 0.29) is 0 Å². The molecule has 0 spiro atoms. The Hall–Kier alpha value is -0.790. The minimum atomic E-state index is 0.676. The highest BCUT2D eigenvalue weighted by Crippen LogP contribution is 2.27. The molecule has 2 heteroatoms. The van der Waals surface area contributed by atoms with Crippen LogP contribution in [-0.4, -0.2) is 4.57 Å². The van der Waals surface area contributed by atoms with Gasteiger partial charge >= 0.3 is 0 Å². The van der Waals surface area contributed by atoms with Crippen molar-refractivity contribution in [3.8, 4) is 0 Å². The summed E-state index contributed by atoms with van der Waals surface area (Å²) in [5.74, 6) is 2.67. The van der Waals surface area contributed by atoms with Crippen LogP contribution in [0.3, 0.4) is 0 Å². The minimum absolute atomic E-state index is 0.676.